The first-order valence-electron chi connectivity index (χ1n) is 9.03. The summed E-state index contributed by atoms with van der Waals surface area (Å²) in [5.74, 6) is -0.298. The van der Waals surface area contributed by atoms with E-state index in [0.29, 0.717) is 19.7 Å². The third-order valence-corrected chi connectivity index (χ3v) is 4.76. The SMILES string of the molecule is C[C@H](OC[C@@H]1CCCCO1)C(=O)N1CCNC(=O)[C@H]1c1ccccc1. The van der Waals surface area contributed by atoms with Crippen LogP contribution < -0.4 is 5.32 Å². The Labute approximate surface area is 148 Å². The van der Waals surface area contributed by atoms with Crippen molar-refractivity contribution >= 4 is 11.8 Å². The van der Waals surface area contributed by atoms with Gasteiger partial charge in [-0.3, -0.25) is 9.59 Å². The molecule has 2 aliphatic rings. The second-order valence-corrected chi connectivity index (χ2v) is 6.60. The van der Waals surface area contributed by atoms with Crippen LogP contribution in [-0.4, -0.2) is 55.2 Å². The Bertz CT molecular complexity index is 586. The van der Waals surface area contributed by atoms with E-state index in [4.69, 9.17) is 9.47 Å². The van der Waals surface area contributed by atoms with Crippen LogP contribution in [0.25, 0.3) is 0 Å². The minimum Gasteiger partial charge on any atom is -0.376 e. The van der Waals surface area contributed by atoms with Crippen LogP contribution in [-0.2, 0) is 19.1 Å². The molecule has 0 aromatic heterocycles. The molecule has 25 heavy (non-hydrogen) atoms. The Kier molecular flexibility index (Phi) is 6.04. The Morgan fingerprint density at radius 3 is 2.88 bits per heavy atom. The highest BCUT2D eigenvalue weighted by molar-refractivity contribution is 5.91. The molecule has 2 aliphatic heterocycles. The van der Waals surface area contributed by atoms with E-state index >= 15 is 0 Å². The number of benzene rings is 1. The highest BCUT2D eigenvalue weighted by Gasteiger charge is 2.36. The number of hydrogen-bond acceptors (Lipinski definition) is 4. The molecule has 136 valence electrons. The van der Waals surface area contributed by atoms with E-state index in [1.165, 1.54) is 0 Å². The lowest BCUT2D eigenvalue weighted by molar-refractivity contribution is -0.154. The number of nitrogens with one attached hydrogen (secondary N) is 1. The average molecular weight is 346 g/mol. The number of carbonyl (C=O) groups excluding carboxylic acids is 2. The molecule has 6 heteroatoms. The van der Waals surface area contributed by atoms with Gasteiger partial charge in [-0.1, -0.05) is 30.3 Å². The van der Waals surface area contributed by atoms with E-state index in [1.807, 2.05) is 30.3 Å². The second-order valence-electron chi connectivity index (χ2n) is 6.60. The fourth-order valence-corrected chi connectivity index (χ4v) is 3.37. The highest BCUT2D eigenvalue weighted by atomic mass is 16.5. The van der Waals surface area contributed by atoms with Crippen molar-refractivity contribution in [2.45, 2.75) is 44.4 Å². The molecule has 3 rings (SSSR count). The summed E-state index contributed by atoms with van der Waals surface area (Å²) in [6, 6.07) is 8.79. The molecule has 1 aromatic carbocycles. The monoisotopic (exact) mass is 346 g/mol. The van der Waals surface area contributed by atoms with Crippen LogP contribution in [0.2, 0.25) is 0 Å². The highest BCUT2D eigenvalue weighted by Crippen LogP contribution is 2.24. The van der Waals surface area contributed by atoms with Crippen molar-refractivity contribution in [1.29, 1.82) is 0 Å². The summed E-state index contributed by atoms with van der Waals surface area (Å²) in [5.41, 5.74) is 0.816. The van der Waals surface area contributed by atoms with Crippen LogP contribution >= 0.6 is 0 Å². The minimum absolute atomic E-state index is 0.0681. The maximum Gasteiger partial charge on any atom is 0.252 e. The van der Waals surface area contributed by atoms with Gasteiger partial charge in [0, 0.05) is 19.7 Å². The molecule has 0 radical (unpaired) electrons. The minimum atomic E-state index is -0.598. The molecule has 2 amide bonds. The molecule has 1 N–H and O–H groups in total. The molecule has 3 atom stereocenters. The summed E-state index contributed by atoms with van der Waals surface area (Å²) >= 11 is 0. The maximum atomic E-state index is 12.9. The molecule has 0 bridgehead atoms. The lowest BCUT2D eigenvalue weighted by Gasteiger charge is -2.37. The summed E-state index contributed by atoms with van der Waals surface area (Å²) in [5, 5.41) is 2.84. The first-order chi connectivity index (χ1) is 12.2. The van der Waals surface area contributed by atoms with Crippen LogP contribution in [0.3, 0.4) is 0 Å². The van der Waals surface area contributed by atoms with E-state index in [1.54, 1.807) is 11.8 Å². The number of nitrogens with zero attached hydrogens (tertiary/aromatic N) is 1. The van der Waals surface area contributed by atoms with Crippen molar-refractivity contribution in [3.8, 4) is 0 Å². The molecular weight excluding hydrogens is 320 g/mol. The van der Waals surface area contributed by atoms with Gasteiger partial charge in [0.15, 0.2) is 0 Å². The van der Waals surface area contributed by atoms with Crippen LogP contribution in [0, 0.1) is 0 Å². The largest absolute Gasteiger partial charge is 0.376 e. The van der Waals surface area contributed by atoms with E-state index in [0.717, 1.165) is 31.4 Å². The van der Waals surface area contributed by atoms with E-state index in [9.17, 15) is 9.59 Å². The molecule has 2 fully saturated rings. The Balaban J connectivity index is 1.64. The number of ether oxygens (including phenoxy) is 2. The standard InChI is InChI=1S/C19H26N2O4/c1-14(25-13-16-9-5-6-12-24-16)19(23)21-11-10-20-18(22)17(21)15-7-3-2-4-8-15/h2-4,7-8,14,16-17H,5-6,9-13H2,1H3,(H,20,22)/t14-,16-,17+/m0/s1. The molecule has 1 aromatic rings. The van der Waals surface area contributed by atoms with Crippen LogP contribution in [0.5, 0.6) is 0 Å². The zero-order chi connectivity index (χ0) is 17.6. The molecule has 0 aliphatic carbocycles. The zero-order valence-corrected chi connectivity index (χ0v) is 14.6. The number of piperazine rings is 1. The van der Waals surface area contributed by atoms with Crippen LogP contribution in [0.1, 0.15) is 37.8 Å². The van der Waals surface area contributed by atoms with Gasteiger partial charge in [-0.05, 0) is 31.7 Å². The van der Waals surface area contributed by atoms with Gasteiger partial charge in [0.25, 0.3) is 5.91 Å². The average Bonchev–Trinajstić information content (AvgIpc) is 2.67. The first-order valence-corrected chi connectivity index (χ1v) is 9.03. The van der Waals surface area contributed by atoms with Crippen molar-refractivity contribution in [1.82, 2.24) is 10.2 Å². The topological polar surface area (TPSA) is 67.9 Å². The Morgan fingerprint density at radius 1 is 1.36 bits per heavy atom. The van der Waals surface area contributed by atoms with Crippen molar-refractivity contribution < 1.29 is 19.1 Å². The van der Waals surface area contributed by atoms with Gasteiger partial charge in [0.2, 0.25) is 5.91 Å². The second kappa shape index (κ2) is 8.45. The van der Waals surface area contributed by atoms with Crippen molar-refractivity contribution in [2.75, 3.05) is 26.3 Å². The summed E-state index contributed by atoms with van der Waals surface area (Å²) in [6.45, 7) is 3.88. The third-order valence-electron chi connectivity index (χ3n) is 4.76. The van der Waals surface area contributed by atoms with Crippen LogP contribution in [0.4, 0.5) is 0 Å². The summed E-state index contributed by atoms with van der Waals surface area (Å²) in [4.78, 5) is 26.9. The zero-order valence-electron chi connectivity index (χ0n) is 14.6. The van der Waals surface area contributed by atoms with E-state index < -0.39 is 12.1 Å². The van der Waals surface area contributed by atoms with Gasteiger partial charge < -0.3 is 19.7 Å². The van der Waals surface area contributed by atoms with Gasteiger partial charge >= 0.3 is 0 Å². The molecule has 0 saturated carbocycles. The van der Waals surface area contributed by atoms with Gasteiger partial charge in [-0.2, -0.15) is 0 Å². The smallest absolute Gasteiger partial charge is 0.252 e. The predicted molar refractivity (Wildman–Crippen MR) is 92.9 cm³/mol. The Hall–Kier alpha value is -1.92. The molecule has 0 unspecified atom stereocenters. The summed E-state index contributed by atoms with van der Waals surface area (Å²) in [6.07, 6.45) is 2.67. The summed E-state index contributed by atoms with van der Waals surface area (Å²) < 4.78 is 11.4. The normalized spacial score (nSPS) is 25.3. The van der Waals surface area contributed by atoms with Crippen molar-refractivity contribution in [3.63, 3.8) is 0 Å². The van der Waals surface area contributed by atoms with E-state index in [-0.39, 0.29) is 17.9 Å². The summed E-state index contributed by atoms with van der Waals surface area (Å²) in [7, 11) is 0. The Morgan fingerprint density at radius 2 is 2.16 bits per heavy atom. The van der Waals surface area contributed by atoms with Crippen LogP contribution in [0.15, 0.2) is 30.3 Å². The molecule has 2 heterocycles. The molecule has 2 saturated heterocycles. The number of amides is 2. The van der Waals surface area contributed by atoms with Gasteiger partial charge in [0.1, 0.15) is 12.1 Å². The number of hydrogen-bond donors (Lipinski definition) is 1. The lowest BCUT2D eigenvalue weighted by atomic mass is 10.0. The number of rotatable bonds is 5. The molecular formula is C19H26N2O4. The van der Waals surface area contributed by atoms with Crippen molar-refractivity contribution in [2.24, 2.45) is 0 Å². The molecule has 6 nitrogen and oxygen atoms in total. The number of carbonyl (C=O) groups is 2. The quantitative estimate of drug-likeness (QED) is 0.880. The first kappa shape index (κ1) is 17.9. The predicted octanol–water partition coefficient (Wildman–Crippen LogP) is 1.66. The van der Waals surface area contributed by atoms with Gasteiger partial charge in [-0.15, -0.1) is 0 Å². The fourth-order valence-electron chi connectivity index (χ4n) is 3.37. The van der Waals surface area contributed by atoms with Gasteiger partial charge in [0.05, 0.1) is 12.7 Å². The van der Waals surface area contributed by atoms with Crippen molar-refractivity contribution in [3.05, 3.63) is 35.9 Å². The maximum absolute atomic E-state index is 12.9. The van der Waals surface area contributed by atoms with Gasteiger partial charge in [-0.25, -0.2) is 0 Å². The third kappa shape index (κ3) is 4.38. The molecule has 0 spiro atoms. The fraction of sp³-hybridized carbons (Fsp3) is 0.579. The lowest BCUT2D eigenvalue weighted by Crippen LogP contribution is -2.54. The van der Waals surface area contributed by atoms with E-state index in [2.05, 4.69) is 5.32 Å².